The maximum atomic E-state index is 12.9. The molecule has 3 fully saturated rings. The first-order valence-electron chi connectivity index (χ1n) is 8.21. The summed E-state index contributed by atoms with van der Waals surface area (Å²) < 4.78 is 5.17. The second-order valence-electron chi connectivity index (χ2n) is 8.40. The van der Waals surface area contributed by atoms with Crippen molar-refractivity contribution in [1.29, 1.82) is 0 Å². The van der Waals surface area contributed by atoms with Gasteiger partial charge < -0.3 is 4.74 Å². The second kappa shape index (κ2) is 4.16. The molecule has 2 bridgehead atoms. The van der Waals surface area contributed by atoms with E-state index in [1.807, 2.05) is 6.92 Å². The number of ether oxygens (including phenoxy) is 1. The smallest absolute Gasteiger partial charge is 0.427 e. The van der Waals surface area contributed by atoms with Crippen LogP contribution in [0, 0.1) is 35.0 Å². The predicted octanol–water partition coefficient (Wildman–Crippen LogP) is 1.87. The van der Waals surface area contributed by atoms with Crippen molar-refractivity contribution in [3.8, 4) is 0 Å². The van der Waals surface area contributed by atoms with E-state index in [2.05, 4.69) is 17.6 Å². The molecule has 1 aliphatic heterocycles. The summed E-state index contributed by atoms with van der Waals surface area (Å²) in [5.41, 5.74) is 0.942. The average molecular weight is 318 g/mol. The van der Waals surface area contributed by atoms with Gasteiger partial charge in [0.1, 0.15) is 5.60 Å². The van der Waals surface area contributed by atoms with E-state index in [0.29, 0.717) is 11.8 Å². The molecule has 0 spiro atoms. The maximum Gasteiger partial charge on any atom is 0.427 e. The largest absolute Gasteiger partial charge is 0.443 e. The number of allylic oxidation sites excluding steroid dienone is 2. The van der Waals surface area contributed by atoms with Gasteiger partial charge in [0.15, 0.2) is 0 Å². The summed E-state index contributed by atoms with van der Waals surface area (Å²) in [6, 6.07) is 0. The average Bonchev–Trinajstić information content (AvgIpc) is 3.19. The molecule has 0 aromatic carbocycles. The summed E-state index contributed by atoms with van der Waals surface area (Å²) in [6.07, 6.45) is 4.55. The normalized spacial score (nSPS) is 43.3. The van der Waals surface area contributed by atoms with Crippen molar-refractivity contribution >= 4 is 17.9 Å². The van der Waals surface area contributed by atoms with E-state index in [4.69, 9.17) is 4.74 Å². The van der Waals surface area contributed by atoms with Gasteiger partial charge in [-0.2, -0.15) is 5.01 Å². The molecule has 6 nitrogen and oxygen atoms in total. The van der Waals surface area contributed by atoms with E-state index in [1.165, 1.54) is 0 Å². The van der Waals surface area contributed by atoms with E-state index < -0.39 is 17.1 Å². The van der Waals surface area contributed by atoms with Crippen molar-refractivity contribution in [2.24, 2.45) is 35.0 Å². The zero-order valence-corrected chi connectivity index (χ0v) is 13.8. The molecule has 1 N–H and O–H groups in total. The molecule has 3 unspecified atom stereocenters. The molecule has 0 radical (unpaired) electrons. The van der Waals surface area contributed by atoms with E-state index >= 15 is 0 Å². The van der Waals surface area contributed by atoms with Crippen molar-refractivity contribution < 1.29 is 19.1 Å². The summed E-state index contributed by atoms with van der Waals surface area (Å²) in [7, 11) is 0. The number of carbonyl (C=O) groups excluding carboxylic acids is 3. The van der Waals surface area contributed by atoms with Gasteiger partial charge in [-0.3, -0.25) is 9.59 Å². The summed E-state index contributed by atoms with van der Waals surface area (Å²) in [4.78, 5) is 37.7. The fraction of sp³-hybridized carbons (Fsp3) is 0.706. The topological polar surface area (TPSA) is 75.7 Å². The fourth-order valence-corrected chi connectivity index (χ4v) is 4.91. The highest BCUT2D eigenvalue weighted by Crippen LogP contribution is 2.69. The Kier molecular flexibility index (Phi) is 2.66. The highest BCUT2D eigenvalue weighted by atomic mass is 16.6. The summed E-state index contributed by atoms with van der Waals surface area (Å²) in [5, 5.41) is 0.899. The Morgan fingerprint density at radius 2 is 2.00 bits per heavy atom. The molecule has 5 rings (SSSR count). The van der Waals surface area contributed by atoms with Gasteiger partial charge in [0, 0.05) is 0 Å². The van der Waals surface area contributed by atoms with Crippen molar-refractivity contribution in [3.05, 3.63) is 12.2 Å². The van der Waals surface area contributed by atoms with Crippen molar-refractivity contribution in [2.75, 3.05) is 0 Å². The zero-order chi connectivity index (χ0) is 16.7. The van der Waals surface area contributed by atoms with Gasteiger partial charge in [-0.05, 0) is 57.8 Å². The Bertz CT molecular complexity index is 649. The molecule has 0 aromatic rings. The van der Waals surface area contributed by atoms with E-state index in [1.54, 1.807) is 20.8 Å². The Morgan fingerprint density at radius 1 is 1.30 bits per heavy atom. The van der Waals surface area contributed by atoms with Crippen molar-refractivity contribution in [2.45, 2.75) is 39.7 Å². The number of imide groups is 1. The molecule has 2 saturated carbocycles. The molecule has 6 atom stereocenters. The molecule has 1 saturated heterocycles. The third-order valence-electron chi connectivity index (χ3n) is 5.86. The van der Waals surface area contributed by atoms with Crippen LogP contribution in [0.3, 0.4) is 0 Å². The monoisotopic (exact) mass is 318 g/mol. The first-order chi connectivity index (χ1) is 10.6. The van der Waals surface area contributed by atoms with Gasteiger partial charge in [0.25, 0.3) is 11.8 Å². The minimum atomic E-state index is -0.771. The van der Waals surface area contributed by atoms with Crippen LogP contribution in [0.2, 0.25) is 0 Å². The van der Waals surface area contributed by atoms with Crippen molar-refractivity contribution in [3.63, 3.8) is 0 Å². The summed E-state index contributed by atoms with van der Waals surface area (Å²) >= 11 is 0. The van der Waals surface area contributed by atoms with Crippen LogP contribution in [-0.4, -0.2) is 28.5 Å². The molecule has 3 amide bonds. The SMILES string of the molecule is CC(C)(C)OC(=O)NN1C(=O)[C@H]2C3C=CC(C4C[C@@H]43)[C@@]2(C)C1=O. The van der Waals surface area contributed by atoms with Crippen LogP contribution in [0.1, 0.15) is 34.1 Å². The van der Waals surface area contributed by atoms with E-state index in [9.17, 15) is 14.4 Å². The van der Waals surface area contributed by atoms with E-state index in [-0.39, 0.29) is 29.6 Å². The number of hydrazine groups is 1. The van der Waals surface area contributed by atoms with Gasteiger partial charge in [-0.25, -0.2) is 10.2 Å². The first kappa shape index (κ1) is 14.7. The van der Waals surface area contributed by atoms with Crippen LogP contribution in [0.15, 0.2) is 12.2 Å². The first-order valence-corrected chi connectivity index (χ1v) is 8.21. The lowest BCUT2D eigenvalue weighted by molar-refractivity contribution is -0.145. The number of amides is 3. The Balaban J connectivity index is 1.60. The van der Waals surface area contributed by atoms with Crippen LogP contribution in [0.4, 0.5) is 4.79 Å². The third-order valence-corrected chi connectivity index (χ3v) is 5.86. The molecule has 4 aliphatic carbocycles. The molecular weight excluding hydrogens is 296 g/mol. The highest BCUT2D eigenvalue weighted by Gasteiger charge is 2.73. The predicted molar refractivity (Wildman–Crippen MR) is 80.5 cm³/mol. The fourth-order valence-electron chi connectivity index (χ4n) is 4.91. The lowest BCUT2D eigenvalue weighted by Crippen LogP contribution is -2.50. The Labute approximate surface area is 135 Å². The zero-order valence-electron chi connectivity index (χ0n) is 13.8. The Hall–Kier alpha value is -1.85. The summed E-state index contributed by atoms with van der Waals surface area (Å²) in [5.74, 6) is 0.312. The molecule has 1 heterocycles. The number of nitrogens with zero attached hydrogens (tertiary/aromatic N) is 1. The van der Waals surface area contributed by atoms with Gasteiger partial charge >= 0.3 is 6.09 Å². The minimum absolute atomic E-state index is 0.101. The molecule has 124 valence electrons. The standard InChI is InChI=1S/C17H22N2O4/c1-16(2,3)23-15(22)18-19-13(20)12-8-5-6-11(10-7-9(8)10)17(12,4)14(19)21/h5-6,8-12H,7H2,1-4H3,(H,18,22)/t8?,9-,10?,11?,12-,17-/m1/s1. The van der Waals surface area contributed by atoms with Gasteiger partial charge in [-0.1, -0.05) is 12.2 Å². The Morgan fingerprint density at radius 3 is 2.65 bits per heavy atom. The third kappa shape index (κ3) is 1.83. The van der Waals surface area contributed by atoms with Crippen LogP contribution in [-0.2, 0) is 14.3 Å². The van der Waals surface area contributed by atoms with Crippen LogP contribution >= 0.6 is 0 Å². The lowest BCUT2D eigenvalue weighted by atomic mass is 9.55. The number of carbonyl (C=O) groups is 3. The van der Waals surface area contributed by atoms with Crippen LogP contribution in [0.25, 0.3) is 0 Å². The summed E-state index contributed by atoms with van der Waals surface area (Å²) in [6.45, 7) is 7.08. The molecule has 0 aromatic heterocycles. The van der Waals surface area contributed by atoms with Gasteiger partial charge in [-0.15, -0.1) is 0 Å². The number of rotatable bonds is 1. The number of nitrogens with one attached hydrogen (secondary N) is 1. The quantitative estimate of drug-likeness (QED) is 0.591. The number of hydrogen-bond acceptors (Lipinski definition) is 4. The molecular formula is C17H22N2O4. The van der Waals surface area contributed by atoms with E-state index in [0.717, 1.165) is 11.4 Å². The van der Waals surface area contributed by atoms with Crippen LogP contribution < -0.4 is 5.43 Å². The maximum absolute atomic E-state index is 12.9. The van der Waals surface area contributed by atoms with Gasteiger partial charge in [0.2, 0.25) is 0 Å². The van der Waals surface area contributed by atoms with Crippen molar-refractivity contribution in [1.82, 2.24) is 10.4 Å². The minimum Gasteiger partial charge on any atom is -0.443 e. The molecule has 23 heavy (non-hydrogen) atoms. The lowest BCUT2D eigenvalue weighted by Gasteiger charge is -2.45. The number of hydrogen-bond donors (Lipinski definition) is 1. The van der Waals surface area contributed by atoms with Crippen LogP contribution in [0.5, 0.6) is 0 Å². The van der Waals surface area contributed by atoms with Gasteiger partial charge in [0.05, 0.1) is 11.3 Å². The second-order valence-corrected chi connectivity index (χ2v) is 8.40. The molecule has 6 heteroatoms. The molecule has 5 aliphatic rings. The highest BCUT2D eigenvalue weighted by molar-refractivity contribution is 6.09.